The molecular weight excluding hydrogens is 307 g/mol. The molecular formula is C15H17FN2O3S. The SMILES string of the molecule is O=C(CN1CCSC1=O)N1CCO[C@H](c2ccc(F)cc2)C1. The molecule has 2 heterocycles. The van der Waals surface area contributed by atoms with Crippen molar-refractivity contribution in [2.45, 2.75) is 6.10 Å². The fraction of sp³-hybridized carbons (Fsp3) is 0.467. The first-order valence-corrected chi connectivity index (χ1v) is 8.18. The van der Waals surface area contributed by atoms with E-state index in [-0.39, 0.29) is 29.6 Å². The van der Waals surface area contributed by atoms with Gasteiger partial charge in [0.15, 0.2) is 0 Å². The molecule has 2 aliphatic rings. The fourth-order valence-corrected chi connectivity index (χ4v) is 3.41. The molecule has 1 aromatic rings. The van der Waals surface area contributed by atoms with Crippen LogP contribution in [0.25, 0.3) is 0 Å². The standard InChI is InChI=1S/C15H17FN2O3S/c16-12-3-1-11(2-4-12)13-9-17(5-7-21-13)14(19)10-18-6-8-22-15(18)20/h1-4,13H,5-10H2/t13-/m0/s1. The molecule has 2 amide bonds. The van der Waals surface area contributed by atoms with E-state index in [2.05, 4.69) is 0 Å². The van der Waals surface area contributed by atoms with Crippen molar-refractivity contribution in [3.63, 3.8) is 0 Å². The summed E-state index contributed by atoms with van der Waals surface area (Å²) in [6.45, 7) is 2.14. The van der Waals surface area contributed by atoms with Gasteiger partial charge in [0, 0.05) is 18.8 Å². The molecule has 1 atom stereocenters. The first kappa shape index (κ1) is 15.3. The van der Waals surface area contributed by atoms with E-state index in [0.29, 0.717) is 26.2 Å². The summed E-state index contributed by atoms with van der Waals surface area (Å²) < 4.78 is 18.7. The molecule has 0 N–H and O–H groups in total. The monoisotopic (exact) mass is 324 g/mol. The molecule has 2 aliphatic heterocycles. The summed E-state index contributed by atoms with van der Waals surface area (Å²) >= 11 is 1.25. The minimum atomic E-state index is -0.294. The molecule has 0 radical (unpaired) electrons. The average molecular weight is 324 g/mol. The normalized spacial score (nSPS) is 22.2. The number of nitrogens with zero attached hydrogens (tertiary/aromatic N) is 2. The summed E-state index contributed by atoms with van der Waals surface area (Å²) in [5.74, 6) is 0.386. The molecule has 0 unspecified atom stereocenters. The van der Waals surface area contributed by atoms with E-state index >= 15 is 0 Å². The molecule has 3 rings (SSSR count). The van der Waals surface area contributed by atoms with E-state index in [1.54, 1.807) is 21.9 Å². The molecule has 5 nitrogen and oxygen atoms in total. The zero-order valence-corrected chi connectivity index (χ0v) is 12.9. The number of benzene rings is 1. The van der Waals surface area contributed by atoms with Crippen LogP contribution in [0.5, 0.6) is 0 Å². The van der Waals surface area contributed by atoms with Crippen molar-refractivity contribution < 1.29 is 18.7 Å². The Bertz CT molecular complexity index is 566. The quantitative estimate of drug-likeness (QED) is 0.852. The van der Waals surface area contributed by atoms with E-state index in [0.717, 1.165) is 11.3 Å². The van der Waals surface area contributed by atoms with Crippen LogP contribution in [0.1, 0.15) is 11.7 Å². The lowest BCUT2D eigenvalue weighted by atomic mass is 10.1. The summed E-state index contributed by atoms with van der Waals surface area (Å²) in [7, 11) is 0. The highest BCUT2D eigenvalue weighted by Gasteiger charge is 2.29. The first-order chi connectivity index (χ1) is 10.6. The minimum Gasteiger partial charge on any atom is -0.370 e. The first-order valence-electron chi connectivity index (χ1n) is 7.20. The van der Waals surface area contributed by atoms with Gasteiger partial charge in [-0.3, -0.25) is 9.59 Å². The largest absolute Gasteiger partial charge is 0.370 e. The molecule has 0 spiro atoms. The predicted octanol–water partition coefficient (Wildman–Crippen LogP) is 1.89. The second-order valence-electron chi connectivity index (χ2n) is 5.29. The van der Waals surface area contributed by atoms with Crippen LogP contribution in [0.15, 0.2) is 24.3 Å². The summed E-state index contributed by atoms with van der Waals surface area (Å²) in [4.78, 5) is 27.2. The Morgan fingerprint density at radius 2 is 2.09 bits per heavy atom. The van der Waals surface area contributed by atoms with Crippen LogP contribution in [0, 0.1) is 5.82 Å². The van der Waals surface area contributed by atoms with Crippen LogP contribution in [-0.4, -0.2) is 59.5 Å². The van der Waals surface area contributed by atoms with Gasteiger partial charge >= 0.3 is 0 Å². The highest BCUT2D eigenvalue weighted by molar-refractivity contribution is 8.13. The van der Waals surface area contributed by atoms with Crippen LogP contribution in [0.3, 0.4) is 0 Å². The van der Waals surface area contributed by atoms with Gasteiger partial charge in [-0.05, 0) is 17.7 Å². The molecule has 7 heteroatoms. The van der Waals surface area contributed by atoms with Crippen LogP contribution in [0.4, 0.5) is 9.18 Å². The van der Waals surface area contributed by atoms with E-state index in [1.165, 1.54) is 23.9 Å². The number of hydrogen-bond acceptors (Lipinski definition) is 4. The number of halogens is 1. The fourth-order valence-electron chi connectivity index (χ4n) is 2.59. The predicted molar refractivity (Wildman–Crippen MR) is 81.1 cm³/mol. The summed E-state index contributed by atoms with van der Waals surface area (Å²) in [5.41, 5.74) is 0.853. The summed E-state index contributed by atoms with van der Waals surface area (Å²) in [5, 5.41) is -0.0308. The number of thioether (sulfide) groups is 1. The molecule has 0 aromatic heterocycles. The van der Waals surface area contributed by atoms with E-state index in [4.69, 9.17) is 4.74 Å². The van der Waals surface area contributed by atoms with Gasteiger partial charge in [-0.15, -0.1) is 0 Å². The second-order valence-corrected chi connectivity index (χ2v) is 6.33. The molecule has 2 fully saturated rings. The number of ether oxygens (including phenoxy) is 1. The Morgan fingerprint density at radius 1 is 1.32 bits per heavy atom. The highest BCUT2D eigenvalue weighted by Crippen LogP contribution is 2.23. The molecule has 118 valence electrons. The lowest BCUT2D eigenvalue weighted by Crippen LogP contribution is -2.46. The van der Waals surface area contributed by atoms with Crippen LogP contribution in [-0.2, 0) is 9.53 Å². The number of carbonyl (C=O) groups excluding carboxylic acids is 2. The molecule has 2 saturated heterocycles. The van der Waals surface area contributed by atoms with Gasteiger partial charge in [-0.2, -0.15) is 0 Å². The maximum Gasteiger partial charge on any atom is 0.282 e. The zero-order chi connectivity index (χ0) is 15.5. The van der Waals surface area contributed by atoms with Crippen molar-refractivity contribution in [2.24, 2.45) is 0 Å². The average Bonchev–Trinajstić information content (AvgIpc) is 2.93. The Labute approximate surface area is 132 Å². The van der Waals surface area contributed by atoms with Crippen molar-refractivity contribution in [1.29, 1.82) is 0 Å². The summed E-state index contributed by atoms with van der Waals surface area (Å²) in [6.07, 6.45) is -0.248. The Hall–Kier alpha value is -1.60. The third-order valence-electron chi connectivity index (χ3n) is 3.83. The van der Waals surface area contributed by atoms with Crippen molar-refractivity contribution in [3.05, 3.63) is 35.6 Å². The molecule has 1 aromatic carbocycles. The van der Waals surface area contributed by atoms with Gasteiger partial charge in [0.2, 0.25) is 5.91 Å². The zero-order valence-electron chi connectivity index (χ0n) is 12.0. The Morgan fingerprint density at radius 3 is 2.77 bits per heavy atom. The van der Waals surface area contributed by atoms with Crippen LogP contribution < -0.4 is 0 Å². The topological polar surface area (TPSA) is 49.9 Å². The number of morpholine rings is 1. The Balaban J connectivity index is 1.61. The number of hydrogen-bond donors (Lipinski definition) is 0. The number of rotatable bonds is 3. The van der Waals surface area contributed by atoms with Crippen molar-refractivity contribution >= 4 is 22.9 Å². The van der Waals surface area contributed by atoms with Crippen molar-refractivity contribution in [1.82, 2.24) is 9.80 Å². The van der Waals surface area contributed by atoms with Crippen LogP contribution in [0.2, 0.25) is 0 Å². The van der Waals surface area contributed by atoms with Crippen molar-refractivity contribution in [2.75, 3.05) is 38.5 Å². The molecule has 0 saturated carbocycles. The van der Waals surface area contributed by atoms with Gasteiger partial charge in [0.05, 0.1) is 13.2 Å². The molecule has 0 aliphatic carbocycles. The second kappa shape index (κ2) is 6.66. The third kappa shape index (κ3) is 3.41. The Kier molecular flexibility index (Phi) is 4.63. The number of carbonyl (C=O) groups is 2. The van der Waals surface area contributed by atoms with E-state index in [1.807, 2.05) is 0 Å². The maximum absolute atomic E-state index is 13.0. The van der Waals surface area contributed by atoms with Crippen LogP contribution >= 0.6 is 11.8 Å². The summed E-state index contributed by atoms with van der Waals surface area (Å²) in [6, 6.07) is 6.13. The van der Waals surface area contributed by atoms with Gasteiger partial charge in [-0.25, -0.2) is 4.39 Å². The minimum absolute atomic E-state index is 0.0308. The van der Waals surface area contributed by atoms with Gasteiger partial charge in [0.25, 0.3) is 5.24 Å². The van der Waals surface area contributed by atoms with E-state index in [9.17, 15) is 14.0 Å². The maximum atomic E-state index is 13.0. The highest BCUT2D eigenvalue weighted by atomic mass is 32.2. The number of amides is 2. The smallest absolute Gasteiger partial charge is 0.282 e. The van der Waals surface area contributed by atoms with Gasteiger partial charge in [-0.1, -0.05) is 23.9 Å². The van der Waals surface area contributed by atoms with Gasteiger partial charge < -0.3 is 14.5 Å². The lowest BCUT2D eigenvalue weighted by Gasteiger charge is -2.34. The van der Waals surface area contributed by atoms with Gasteiger partial charge in [0.1, 0.15) is 18.5 Å². The van der Waals surface area contributed by atoms with Crippen molar-refractivity contribution in [3.8, 4) is 0 Å². The van der Waals surface area contributed by atoms with E-state index < -0.39 is 0 Å². The molecule has 22 heavy (non-hydrogen) atoms. The lowest BCUT2D eigenvalue weighted by molar-refractivity contribution is -0.139. The molecule has 0 bridgehead atoms. The third-order valence-corrected chi connectivity index (χ3v) is 4.72.